The summed E-state index contributed by atoms with van der Waals surface area (Å²) in [4.78, 5) is 33.4. The van der Waals surface area contributed by atoms with Crippen LogP contribution >= 0.6 is 0 Å². The minimum Gasteiger partial charge on any atom is -0.481 e. The normalized spacial score (nSPS) is 19.5. The van der Waals surface area contributed by atoms with Crippen molar-refractivity contribution in [2.24, 2.45) is 0 Å². The van der Waals surface area contributed by atoms with Crippen LogP contribution < -0.4 is 9.47 Å². The van der Waals surface area contributed by atoms with Crippen LogP contribution in [0, 0.1) is 20.8 Å². The number of rotatable bonds is 5. The molecular weight excluding hydrogens is 300 g/mol. The van der Waals surface area contributed by atoms with E-state index in [4.69, 9.17) is 14.6 Å². The lowest BCUT2D eigenvalue weighted by molar-refractivity contribution is -0.141. The largest absolute Gasteiger partial charge is 0.481 e. The van der Waals surface area contributed by atoms with E-state index in [1.54, 1.807) is 6.92 Å². The fourth-order valence-electron chi connectivity index (χ4n) is 2.88. The molecule has 1 heterocycles. The smallest absolute Gasteiger partial charge is 0.341 e. The first-order chi connectivity index (χ1) is 10.7. The van der Waals surface area contributed by atoms with Crippen LogP contribution in [0.25, 0.3) is 0 Å². The Labute approximate surface area is 134 Å². The molecule has 124 valence electrons. The number of carboxylic acid groups (broad SMARTS) is 1. The van der Waals surface area contributed by atoms with Crippen LogP contribution in [0.4, 0.5) is 0 Å². The number of carbonyl (C=O) groups is 3. The Morgan fingerprint density at radius 1 is 1.26 bits per heavy atom. The van der Waals surface area contributed by atoms with E-state index in [1.807, 2.05) is 20.8 Å². The maximum absolute atomic E-state index is 11.8. The number of carboxylic acids is 1. The van der Waals surface area contributed by atoms with Gasteiger partial charge in [0.15, 0.2) is 18.5 Å². The molecular formula is C17H20O6. The molecule has 1 N–H and O–H groups in total. The lowest BCUT2D eigenvalue weighted by Gasteiger charge is -2.35. The van der Waals surface area contributed by atoms with Gasteiger partial charge in [-0.25, -0.2) is 4.79 Å². The van der Waals surface area contributed by atoms with Crippen LogP contribution in [-0.4, -0.2) is 35.4 Å². The third-order valence-electron chi connectivity index (χ3n) is 4.46. The molecule has 6 nitrogen and oxygen atoms in total. The van der Waals surface area contributed by atoms with Crippen molar-refractivity contribution in [2.75, 3.05) is 6.61 Å². The van der Waals surface area contributed by atoms with E-state index < -0.39 is 24.0 Å². The first kappa shape index (κ1) is 17.0. The molecule has 0 saturated heterocycles. The van der Waals surface area contributed by atoms with Gasteiger partial charge in [-0.1, -0.05) is 0 Å². The summed E-state index contributed by atoms with van der Waals surface area (Å²) in [6.45, 7) is 6.69. The predicted octanol–water partition coefficient (Wildman–Crippen LogP) is 1.93. The van der Waals surface area contributed by atoms with Gasteiger partial charge in [0.2, 0.25) is 5.78 Å². The van der Waals surface area contributed by atoms with Crippen LogP contribution in [0.15, 0.2) is 0 Å². The molecule has 0 radical (unpaired) electrons. The van der Waals surface area contributed by atoms with E-state index in [0.717, 1.165) is 22.3 Å². The van der Waals surface area contributed by atoms with Gasteiger partial charge in [-0.05, 0) is 57.2 Å². The maximum atomic E-state index is 11.8. The third-order valence-corrected chi connectivity index (χ3v) is 4.46. The quantitative estimate of drug-likeness (QED) is 0.658. The second-order valence-corrected chi connectivity index (χ2v) is 6.01. The van der Waals surface area contributed by atoms with Gasteiger partial charge in [0, 0.05) is 5.56 Å². The first-order valence-corrected chi connectivity index (χ1v) is 7.37. The minimum atomic E-state index is -1.15. The lowest BCUT2D eigenvalue weighted by atomic mass is 9.85. The van der Waals surface area contributed by atoms with Gasteiger partial charge >= 0.3 is 5.97 Å². The topological polar surface area (TPSA) is 89.9 Å². The molecule has 0 fully saturated rings. The Kier molecular flexibility index (Phi) is 4.45. The van der Waals surface area contributed by atoms with Gasteiger partial charge in [-0.3, -0.25) is 9.59 Å². The van der Waals surface area contributed by atoms with Gasteiger partial charge < -0.3 is 14.6 Å². The van der Waals surface area contributed by atoms with Crippen molar-refractivity contribution in [3.63, 3.8) is 0 Å². The molecule has 0 amide bonds. The van der Waals surface area contributed by atoms with E-state index in [0.29, 0.717) is 30.6 Å². The molecule has 1 atom stereocenters. The maximum Gasteiger partial charge on any atom is 0.341 e. The molecule has 2 rings (SSSR count). The standard InChI is InChI=1S/C17H20O6/c1-9-10(2)16-12(11(3)15(9)22-8-14(20)21)5-6-17(4,23-16)13(19)7-18/h7H,5-6,8H2,1-4H3,(H,20,21). The zero-order valence-corrected chi connectivity index (χ0v) is 13.7. The highest BCUT2D eigenvalue weighted by Crippen LogP contribution is 2.43. The zero-order chi connectivity index (χ0) is 17.4. The molecule has 1 aliphatic heterocycles. The summed E-state index contributed by atoms with van der Waals surface area (Å²) >= 11 is 0. The number of benzene rings is 1. The lowest BCUT2D eigenvalue weighted by Crippen LogP contribution is -2.45. The van der Waals surface area contributed by atoms with Crippen LogP contribution in [-0.2, 0) is 20.8 Å². The van der Waals surface area contributed by atoms with Crippen molar-refractivity contribution in [1.29, 1.82) is 0 Å². The number of ether oxygens (including phenoxy) is 2. The zero-order valence-electron chi connectivity index (χ0n) is 13.7. The first-order valence-electron chi connectivity index (χ1n) is 7.37. The van der Waals surface area contributed by atoms with Crippen molar-refractivity contribution < 1.29 is 29.0 Å². The monoisotopic (exact) mass is 320 g/mol. The highest BCUT2D eigenvalue weighted by molar-refractivity contribution is 6.28. The van der Waals surface area contributed by atoms with E-state index in [1.165, 1.54) is 0 Å². The summed E-state index contributed by atoms with van der Waals surface area (Å²) in [6, 6.07) is 0. The highest BCUT2D eigenvalue weighted by Gasteiger charge is 2.40. The molecule has 6 heteroatoms. The van der Waals surface area contributed by atoms with Gasteiger partial charge in [-0.15, -0.1) is 0 Å². The summed E-state index contributed by atoms with van der Waals surface area (Å²) in [5.41, 5.74) is 2.11. The summed E-state index contributed by atoms with van der Waals surface area (Å²) in [5.74, 6) is -0.493. The molecule has 1 aromatic rings. The third kappa shape index (κ3) is 2.93. The van der Waals surface area contributed by atoms with Crippen molar-refractivity contribution in [2.45, 2.75) is 46.1 Å². The Bertz CT molecular complexity index is 691. The molecule has 1 aromatic carbocycles. The number of aliphatic carboxylic acids is 1. The number of Topliss-reactive ketones (excluding diaryl/α,β-unsaturated/α-hetero) is 1. The van der Waals surface area contributed by atoms with Crippen molar-refractivity contribution >= 4 is 18.0 Å². The second kappa shape index (κ2) is 6.02. The number of aldehydes is 1. The van der Waals surface area contributed by atoms with E-state index in [2.05, 4.69) is 0 Å². The molecule has 0 spiro atoms. The van der Waals surface area contributed by atoms with Gasteiger partial charge in [0.05, 0.1) is 0 Å². The Morgan fingerprint density at radius 2 is 1.91 bits per heavy atom. The fraction of sp³-hybridized carbons (Fsp3) is 0.471. The average Bonchev–Trinajstić information content (AvgIpc) is 2.51. The summed E-state index contributed by atoms with van der Waals surface area (Å²) in [6.07, 6.45) is 1.24. The summed E-state index contributed by atoms with van der Waals surface area (Å²) in [5, 5.41) is 8.80. The number of fused-ring (bicyclic) bond motifs is 1. The van der Waals surface area contributed by atoms with E-state index in [9.17, 15) is 14.4 Å². The molecule has 23 heavy (non-hydrogen) atoms. The SMILES string of the molecule is Cc1c(C)c2c(c(C)c1OCC(=O)O)CCC(C)(C(=O)C=O)O2. The highest BCUT2D eigenvalue weighted by atomic mass is 16.5. The van der Waals surface area contributed by atoms with Crippen LogP contribution in [0.5, 0.6) is 11.5 Å². The van der Waals surface area contributed by atoms with Crippen molar-refractivity contribution in [3.8, 4) is 11.5 Å². The van der Waals surface area contributed by atoms with Gasteiger partial charge in [0.1, 0.15) is 11.5 Å². The van der Waals surface area contributed by atoms with Crippen molar-refractivity contribution in [1.82, 2.24) is 0 Å². The minimum absolute atomic E-state index is 0.296. The van der Waals surface area contributed by atoms with Crippen molar-refractivity contribution in [3.05, 3.63) is 22.3 Å². The van der Waals surface area contributed by atoms with E-state index >= 15 is 0 Å². The Morgan fingerprint density at radius 3 is 2.48 bits per heavy atom. The fourth-order valence-corrected chi connectivity index (χ4v) is 2.88. The number of hydrogen-bond donors (Lipinski definition) is 1. The predicted molar refractivity (Wildman–Crippen MR) is 82.2 cm³/mol. The van der Waals surface area contributed by atoms with Crippen LogP contribution in [0.1, 0.15) is 35.6 Å². The van der Waals surface area contributed by atoms with E-state index in [-0.39, 0.29) is 0 Å². The summed E-state index contributed by atoms with van der Waals surface area (Å²) in [7, 11) is 0. The Balaban J connectivity index is 2.49. The van der Waals surface area contributed by atoms with Gasteiger partial charge in [-0.2, -0.15) is 0 Å². The molecule has 0 bridgehead atoms. The molecule has 0 saturated carbocycles. The number of ketones is 1. The molecule has 0 aromatic heterocycles. The average molecular weight is 320 g/mol. The Hall–Kier alpha value is -2.37. The molecule has 0 aliphatic carbocycles. The number of hydrogen-bond acceptors (Lipinski definition) is 5. The molecule has 1 unspecified atom stereocenters. The second-order valence-electron chi connectivity index (χ2n) is 6.01. The molecule has 1 aliphatic rings. The number of carbonyl (C=O) groups excluding carboxylic acids is 2. The van der Waals surface area contributed by atoms with Gasteiger partial charge in [0.25, 0.3) is 0 Å². The van der Waals surface area contributed by atoms with Crippen LogP contribution in [0.3, 0.4) is 0 Å². The summed E-state index contributed by atoms with van der Waals surface area (Å²) < 4.78 is 11.3. The van der Waals surface area contributed by atoms with Crippen LogP contribution in [0.2, 0.25) is 0 Å².